The van der Waals surface area contributed by atoms with E-state index in [9.17, 15) is 0 Å². The van der Waals surface area contributed by atoms with Crippen molar-refractivity contribution in [3.05, 3.63) is 76.4 Å². The molecule has 0 amide bonds. The van der Waals surface area contributed by atoms with Crippen LogP contribution in [0.15, 0.2) is 43.0 Å². The van der Waals surface area contributed by atoms with Crippen LogP contribution in [0, 0.1) is 47.9 Å². The molecule has 2 N–H and O–H groups in total. The van der Waals surface area contributed by atoms with Crippen LogP contribution in [-0.4, -0.2) is 5.88 Å². The zero-order chi connectivity index (χ0) is 30.6. The molecular formula is C39H56ClN. The van der Waals surface area contributed by atoms with E-state index in [-0.39, 0.29) is 5.41 Å². The van der Waals surface area contributed by atoms with Gasteiger partial charge in [0.25, 0.3) is 0 Å². The molecule has 41 heavy (non-hydrogen) atoms. The normalized spacial score (nSPS) is 20.8. The van der Waals surface area contributed by atoms with Crippen molar-refractivity contribution in [2.75, 3.05) is 11.6 Å². The number of benzene rings is 2. The Balaban J connectivity index is 0.000000176. The molecule has 0 heterocycles. The predicted molar refractivity (Wildman–Crippen MR) is 182 cm³/mol. The molecule has 0 bridgehead atoms. The molecule has 0 aromatic heterocycles. The summed E-state index contributed by atoms with van der Waals surface area (Å²) in [6, 6.07) is 11.1. The molecule has 3 aliphatic carbocycles. The average Bonchev–Trinajstić information content (AvgIpc) is 3.53. The molecule has 2 aromatic carbocycles. The predicted octanol–water partition coefficient (Wildman–Crippen LogP) is 10.8. The van der Waals surface area contributed by atoms with Crippen LogP contribution in [0.3, 0.4) is 0 Å². The van der Waals surface area contributed by atoms with Crippen LogP contribution >= 0.6 is 11.6 Å². The number of rotatable bonds is 4. The Labute approximate surface area is 257 Å². The topological polar surface area (TPSA) is 26.0 Å². The maximum absolute atomic E-state index is 5.87. The Kier molecular flexibility index (Phi) is 10.6. The van der Waals surface area contributed by atoms with Crippen LogP contribution in [0.1, 0.15) is 120 Å². The van der Waals surface area contributed by atoms with Gasteiger partial charge in [0.1, 0.15) is 0 Å². The first-order valence-corrected chi connectivity index (χ1v) is 16.3. The molecule has 0 radical (unpaired) electrons. The highest BCUT2D eigenvalue weighted by Crippen LogP contribution is 2.50. The van der Waals surface area contributed by atoms with Crippen molar-refractivity contribution in [1.82, 2.24) is 0 Å². The van der Waals surface area contributed by atoms with Crippen LogP contribution < -0.4 is 5.73 Å². The van der Waals surface area contributed by atoms with Crippen LogP contribution in [0.5, 0.6) is 0 Å². The smallest absolute Gasteiger partial charge is 0.0397 e. The lowest BCUT2D eigenvalue weighted by molar-refractivity contribution is 0.358. The summed E-state index contributed by atoms with van der Waals surface area (Å²) >= 11 is 5.83. The average molecular weight is 574 g/mol. The van der Waals surface area contributed by atoms with E-state index in [1.165, 1.54) is 56.9 Å². The van der Waals surface area contributed by atoms with Gasteiger partial charge in [-0.1, -0.05) is 83.2 Å². The third-order valence-corrected chi connectivity index (χ3v) is 10.1. The summed E-state index contributed by atoms with van der Waals surface area (Å²) in [7, 11) is 0. The second-order valence-corrected chi connectivity index (χ2v) is 15.6. The highest BCUT2D eigenvalue weighted by molar-refractivity contribution is 6.18. The van der Waals surface area contributed by atoms with Crippen molar-refractivity contribution < 1.29 is 0 Å². The number of halogens is 1. The first-order valence-electron chi connectivity index (χ1n) is 15.8. The van der Waals surface area contributed by atoms with Gasteiger partial charge in [-0.3, -0.25) is 0 Å². The Morgan fingerprint density at radius 1 is 0.976 bits per heavy atom. The SMILES string of the molecule is C=CC1(c2ccc3c(c2)CC(C)(C)C3)CC1.CCC1CCC(C)(C)C1.Cc1cc(C)c(C#CC(C)(C)CCl)cc1N. The number of aryl methyl sites for hydroxylation is 2. The summed E-state index contributed by atoms with van der Waals surface area (Å²) in [4.78, 5) is 0. The summed E-state index contributed by atoms with van der Waals surface area (Å²) in [5, 5.41) is 0. The number of fused-ring (bicyclic) bond motifs is 1. The molecule has 0 aliphatic heterocycles. The first-order chi connectivity index (χ1) is 19.0. The lowest BCUT2D eigenvalue weighted by atomic mass is 9.90. The number of hydrogen-bond donors (Lipinski definition) is 1. The van der Waals surface area contributed by atoms with E-state index < -0.39 is 0 Å². The fraction of sp³-hybridized carbons (Fsp3) is 0.590. The minimum atomic E-state index is -0.159. The van der Waals surface area contributed by atoms with Gasteiger partial charge in [0, 0.05) is 28.0 Å². The van der Waals surface area contributed by atoms with Crippen molar-refractivity contribution in [3.8, 4) is 11.8 Å². The molecule has 0 spiro atoms. The minimum absolute atomic E-state index is 0.159. The van der Waals surface area contributed by atoms with E-state index in [1.54, 1.807) is 11.1 Å². The van der Waals surface area contributed by atoms with Gasteiger partial charge in [-0.15, -0.1) is 18.2 Å². The standard InChI is InChI=1S/C16H20.C14H18ClN.C9H18/c1-4-16(7-8-16)14-6-5-12-10-15(2,3)11-13(12)9-14;1-10-7-11(2)13(16)8-12(10)5-6-14(3,4)9-15;1-4-8-5-6-9(2,3)7-8/h4-6,9H,1,7-8,10-11H2,2-3H3;7-8H,9,16H2,1-4H3;8H,4-7H2,1-3H3. The van der Waals surface area contributed by atoms with Crippen LogP contribution in [0.25, 0.3) is 0 Å². The molecule has 2 aromatic rings. The zero-order valence-corrected chi connectivity index (χ0v) is 28.3. The number of nitrogens with two attached hydrogens (primary N) is 1. The van der Waals surface area contributed by atoms with Gasteiger partial charge < -0.3 is 5.73 Å². The summed E-state index contributed by atoms with van der Waals surface area (Å²) in [6.45, 7) is 23.9. The van der Waals surface area contributed by atoms with E-state index >= 15 is 0 Å². The van der Waals surface area contributed by atoms with Gasteiger partial charge in [-0.25, -0.2) is 0 Å². The minimum Gasteiger partial charge on any atom is -0.398 e. The number of anilines is 1. The molecule has 2 fully saturated rings. The molecule has 2 saturated carbocycles. The van der Waals surface area contributed by atoms with Crippen LogP contribution in [0.2, 0.25) is 0 Å². The molecule has 1 atom stereocenters. The first kappa shape index (κ1) is 33.3. The van der Waals surface area contributed by atoms with E-state index in [2.05, 4.69) is 83.4 Å². The Bertz CT molecular complexity index is 1280. The van der Waals surface area contributed by atoms with Gasteiger partial charge in [0.05, 0.1) is 0 Å². The third-order valence-electron chi connectivity index (χ3n) is 9.43. The molecule has 1 unspecified atom stereocenters. The van der Waals surface area contributed by atoms with Crippen molar-refractivity contribution in [2.24, 2.45) is 22.2 Å². The summed E-state index contributed by atoms with van der Waals surface area (Å²) in [5.41, 5.74) is 15.8. The van der Waals surface area contributed by atoms with E-state index in [0.717, 1.165) is 28.3 Å². The lowest BCUT2D eigenvalue weighted by Gasteiger charge is -2.15. The van der Waals surface area contributed by atoms with Gasteiger partial charge in [0.2, 0.25) is 0 Å². The van der Waals surface area contributed by atoms with Crippen LogP contribution in [0.4, 0.5) is 5.69 Å². The van der Waals surface area contributed by atoms with E-state index in [4.69, 9.17) is 17.3 Å². The van der Waals surface area contributed by atoms with Crippen molar-refractivity contribution in [1.29, 1.82) is 0 Å². The maximum Gasteiger partial charge on any atom is 0.0397 e. The van der Waals surface area contributed by atoms with Gasteiger partial charge >= 0.3 is 0 Å². The van der Waals surface area contributed by atoms with E-state index in [1.807, 2.05) is 33.8 Å². The molecule has 5 rings (SSSR count). The van der Waals surface area contributed by atoms with Gasteiger partial charge in [-0.05, 0) is 123 Å². The molecule has 1 nitrogen and oxygen atoms in total. The molecule has 3 aliphatic rings. The second-order valence-electron chi connectivity index (χ2n) is 15.3. The van der Waals surface area contributed by atoms with Gasteiger partial charge in [-0.2, -0.15) is 0 Å². The zero-order valence-electron chi connectivity index (χ0n) is 27.6. The molecule has 224 valence electrons. The number of allylic oxidation sites excluding steroid dienone is 1. The van der Waals surface area contributed by atoms with Crippen LogP contribution in [-0.2, 0) is 18.3 Å². The Hall–Kier alpha value is -2.17. The monoisotopic (exact) mass is 573 g/mol. The number of alkyl halides is 1. The third kappa shape index (κ3) is 9.16. The van der Waals surface area contributed by atoms with Crippen molar-refractivity contribution >= 4 is 17.3 Å². The Morgan fingerprint density at radius 3 is 2.15 bits per heavy atom. The fourth-order valence-electron chi connectivity index (χ4n) is 6.31. The quantitative estimate of drug-likeness (QED) is 0.167. The van der Waals surface area contributed by atoms with Crippen molar-refractivity contribution in [2.45, 2.75) is 119 Å². The largest absolute Gasteiger partial charge is 0.398 e. The van der Waals surface area contributed by atoms with Gasteiger partial charge in [0.15, 0.2) is 0 Å². The summed E-state index contributed by atoms with van der Waals surface area (Å²) in [5.74, 6) is 7.90. The highest BCUT2D eigenvalue weighted by Gasteiger charge is 2.42. The molecule has 0 saturated heterocycles. The van der Waals surface area contributed by atoms with E-state index in [0.29, 0.717) is 22.1 Å². The maximum atomic E-state index is 5.87. The molecule has 2 heteroatoms. The summed E-state index contributed by atoms with van der Waals surface area (Å²) < 4.78 is 0. The fourth-order valence-corrected chi connectivity index (χ4v) is 6.38. The Morgan fingerprint density at radius 2 is 1.63 bits per heavy atom. The second kappa shape index (κ2) is 13.0. The highest BCUT2D eigenvalue weighted by atomic mass is 35.5. The molecular weight excluding hydrogens is 518 g/mol. The number of hydrogen-bond acceptors (Lipinski definition) is 1. The lowest BCUT2D eigenvalue weighted by Crippen LogP contribution is -2.09. The van der Waals surface area contributed by atoms with Crippen molar-refractivity contribution in [3.63, 3.8) is 0 Å². The number of nitrogen functional groups attached to an aromatic ring is 1. The summed E-state index contributed by atoms with van der Waals surface area (Å²) in [6.07, 6.45) is 13.0.